The summed E-state index contributed by atoms with van der Waals surface area (Å²) < 4.78 is 38.0. The fourth-order valence-corrected chi connectivity index (χ4v) is 5.56. The van der Waals surface area contributed by atoms with Crippen molar-refractivity contribution >= 4 is 35.0 Å². The maximum absolute atomic E-state index is 15.3. The van der Waals surface area contributed by atoms with E-state index in [1.807, 2.05) is 49.4 Å². The first-order valence-electron chi connectivity index (χ1n) is 13.4. The fourth-order valence-electron chi connectivity index (χ4n) is 5.56. The summed E-state index contributed by atoms with van der Waals surface area (Å²) in [5, 5.41) is 9.22. The van der Waals surface area contributed by atoms with Crippen molar-refractivity contribution < 1.29 is 23.1 Å². The number of amides is 2. The van der Waals surface area contributed by atoms with Gasteiger partial charge in [-0.3, -0.25) is 14.6 Å². The molecule has 0 radical (unpaired) electrons. The van der Waals surface area contributed by atoms with Crippen LogP contribution in [0.4, 0.5) is 25.1 Å². The summed E-state index contributed by atoms with van der Waals surface area (Å²) in [5.74, 6) is -0.723. The molecule has 9 nitrogen and oxygen atoms in total. The lowest BCUT2D eigenvalue weighted by atomic mass is 10.1. The predicted molar refractivity (Wildman–Crippen MR) is 144 cm³/mol. The van der Waals surface area contributed by atoms with Gasteiger partial charge in [0.15, 0.2) is 11.5 Å². The maximum Gasteiger partial charge on any atom is 0.410 e. The number of hydrogen-bond acceptors (Lipinski definition) is 6. The Morgan fingerprint density at radius 3 is 2.49 bits per heavy atom. The highest BCUT2D eigenvalue weighted by Gasteiger charge is 2.44. The number of fused-ring (bicyclic) bond motifs is 3. The van der Waals surface area contributed by atoms with Gasteiger partial charge in [0, 0.05) is 43.8 Å². The van der Waals surface area contributed by atoms with Crippen molar-refractivity contribution in [3.63, 3.8) is 0 Å². The second-order valence-corrected chi connectivity index (χ2v) is 11.2. The molecule has 5 rings (SSSR count). The standard InChI is InChI=1S/C28H34F2N6O3/c1-5-33-10-9-19-13-25(31-32-26(19)33)34(17-37)11-8-18-12-23(30)24(14-22(18)29)35-15-20-6-7-21(16-35)36(20)27(38)39-28(2,3)4/h9-10,12-14,17,20-21H,5-8,11,15-16H2,1-4H3. The summed E-state index contributed by atoms with van der Waals surface area (Å²) >= 11 is 0. The van der Waals surface area contributed by atoms with Gasteiger partial charge in [-0.2, -0.15) is 0 Å². The molecule has 208 valence electrons. The molecule has 2 amide bonds. The minimum absolute atomic E-state index is 0.106. The van der Waals surface area contributed by atoms with Crippen LogP contribution >= 0.6 is 0 Å². The summed E-state index contributed by atoms with van der Waals surface area (Å²) in [4.78, 5) is 29.4. The number of hydrogen-bond donors (Lipinski definition) is 0. The van der Waals surface area contributed by atoms with E-state index >= 15 is 8.78 Å². The zero-order chi connectivity index (χ0) is 27.9. The molecule has 2 fully saturated rings. The Bertz CT molecular complexity index is 1370. The van der Waals surface area contributed by atoms with Gasteiger partial charge in [0.05, 0.1) is 17.8 Å². The molecule has 11 heteroatoms. The molecule has 2 aliphatic heterocycles. The number of anilines is 2. The Hall–Kier alpha value is -3.76. The Kier molecular flexibility index (Phi) is 7.17. The number of aromatic nitrogens is 3. The van der Waals surface area contributed by atoms with E-state index in [1.54, 1.807) is 11.0 Å². The summed E-state index contributed by atoms with van der Waals surface area (Å²) in [6, 6.07) is 5.84. The van der Waals surface area contributed by atoms with E-state index < -0.39 is 17.2 Å². The van der Waals surface area contributed by atoms with Gasteiger partial charge in [-0.15, -0.1) is 10.2 Å². The lowest BCUT2D eigenvalue weighted by Gasteiger charge is -2.42. The Labute approximate surface area is 226 Å². The van der Waals surface area contributed by atoms with Crippen molar-refractivity contribution in [2.24, 2.45) is 0 Å². The third-order valence-corrected chi connectivity index (χ3v) is 7.42. The SMILES string of the molecule is CCn1ccc2cc(N(C=O)CCc3cc(F)c(N4CC5CCC(C4)N5C(=O)OC(C)(C)C)cc3F)nnc21. The van der Waals surface area contributed by atoms with E-state index in [0.29, 0.717) is 25.3 Å². The predicted octanol–water partition coefficient (Wildman–Crippen LogP) is 4.52. The van der Waals surface area contributed by atoms with Gasteiger partial charge >= 0.3 is 6.09 Å². The van der Waals surface area contributed by atoms with Crippen LogP contribution in [0.2, 0.25) is 0 Å². The molecule has 2 atom stereocenters. The van der Waals surface area contributed by atoms with Crippen molar-refractivity contribution in [3.05, 3.63) is 47.7 Å². The third kappa shape index (κ3) is 5.39. The maximum atomic E-state index is 15.3. The third-order valence-electron chi connectivity index (χ3n) is 7.42. The molecule has 3 aromatic rings. The topological polar surface area (TPSA) is 83.8 Å². The molecule has 2 unspecified atom stereocenters. The molecule has 0 N–H and O–H groups in total. The molecule has 2 aliphatic rings. The van der Waals surface area contributed by atoms with E-state index in [0.717, 1.165) is 30.4 Å². The lowest BCUT2D eigenvalue weighted by Crippen LogP contribution is -2.57. The highest BCUT2D eigenvalue weighted by atomic mass is 19.1. The highest BCUT2D eigenvalue weighted by Crippen LogP contribution is 2.35. The van der Waals surface area contributed by atoms with Crippen LogP contribution < -0.4 is 9.80 Å². The molecule has 0 aliphatic carbocycles. The van der Waals surface area contributed by atoms with Gasteiger partial charge in [0.25, 0.3) is 0 Å². The van der Waals surface area contributed by atoms with Crippen LogP contribution in [0.25, 0.3) is 11.0 Å². The van der Waals surface area contributed by atoms with Crippen molar-refractivity contribution in [2.45, 2.75) is 71.2 Å². The smallest absolute Gasteiger partial charge is 0.410 e. The largest absolute Gasteiger partial charge is 0.444 e. The van der Waals surface area contributed by atoms with Gasteiger partial charge in [-0.25, -0.2) is 13.6 Å². The van der Waals surface area contributed by atoms with E-state index in [9.17, 15) is 9.59 Å². The second kappa shape index (κ2) is 10.4. The average Bonchev–Trinajstić information content (AvgIpc) is 3.42. The van der Waals surface area contributed by atoms with Gasteiger partial charge in [0.2, 0.25) is 6.41 Å². The first-order valence-corrected chi connectivity index (χ1v) is 13.4. The number of rotatable bonds is 7. The number of benzene rings is 1. The van der Waals surface area contributed by atoms with Crippen molar-refractivity contribution in [1.82, 2.24) is 19.7 Å². The van der Waals surface area contributed by atoms with E-state index in [4.69, 9.17) is 4.74 Å². The highest BCUT2D eigenvalue weighted by molar-refractivity contribution is 5.82. The van der Waals surface area contributed by atoms with E-state index in [2.05, 4.69) is 10.2 Å². The molecule has 1 aromatic carbocycles. The van der Waals surface area contributed by atoms with Crippen molar-refractivity contribution in [2.75, 3.05) is 29.4 Å². The number of piperazine rings is 1. The monoisotopic (exact) mass is 540 g/mol. The van der Waals surface area contributed by atoms with Crippen LogP contribution in [0.15, 0.2) is 30.5 Å². The number of ether oxygens (including phenoxy) is 1. The molecular weight excluding hydrogens is 506 g/mol. The summed E-state index contributed by atoms with van der Waals surface area (Å²) in [7, 11) is 0. The van der Waals surface area contributed by atoms with Gasteiger partial charge in [-0.1, -0.05) is 0 Å². The van der Waals surface area contributed by atoms with Crippen LogP contribution in [-0.2, 0) is 22.5 Å². The van der Waals surface area contributed by atoms with Crippen LogP contribution in [0, 0.1) is 11.6 Å². The summed E-state index contributed by atoms with van der Waals surface area (Å²) in [5.41, 5.74) is 0.472. The van der Waals surface area contributed by atoms with E-state index in [-0.39, 0.29) is 42.4 Å². The number of carbonyl (C=O) groups is 2. The Morgan fingerprint density at radius 2 is 1.85 bits per heavy atom. The Balaban J connectivity index is 1.27. The van der Waals surface area contributed by atoms with Crippen LogP contribution in [0.1, 0.15) is 46.1 Å². The van der Waals surface area contributed by atoms with Gasteiger partial charge in [0.1, 0.15) is 17.2 Å². The second-order valence-electron chi connectivity index (χ2n) is 11.2. The van der Waals surface area contributed by atoms with Crippen LogP contribution in [0.5, 0.6) is 0 Å². The molecule has 2 saturated heterocycles. The lowest BCUT2D eigenvalue weighted by molar-refractivity contribution is -0.107. The molecule has 2 aromatic heterocycles. The normalized spacial score (nSPS) is 19.0. The minimum atomic E-state index is -0.599. The summed E-state index contributed by atoms with van der Waals surface area (Å²) in [6.45, 7) is 9.16. The zero-order valence-electron chi connectivity index (χ0n) is 22.7. The molecular formula is C28H34F2N6O3. The Morgan fingerprint density at radius 1 is 1.13 bits per heavy atom. The number of carbonyl (C=O) groups excluding carboxylic acids is 2. The summed E-state index contributed by atoms with van der Waals surface area (Å²) in [6.07, 6.45) is 3.86. The van der Waals surface area contributed by atoms with Gasteiger partial charge in [-0.05, 0) is 70.7 Å². The molecule has 39 heavy (non-hydrogen) atoms. The molecule has 0 saturated carbocycles. The zero-order valence-corrected chi connectivity index (χ0v) is 22.7. The number of nitrogens with zero attached hydrogens (tertiary/aromatic N) is 6. The average molecular weight is 541 g/mol. The quantitative estimate of drug-likeness (QED) is 0.410. The molecule has 2 bridgehead atoms. The first-order chi connectivity index (χ1) is 18.6. The van der Waals surface area contributed by atoms with Crippen molar-refractivity contribution in [3.8, 4) is 0 Å². The number of halogens is 2. The molecule has 0 spiro atoms. The minimum Gasteiger partial charge on any atom is -0.444 e. The first kappa shape index (κ1) is 26.8. The fraction of sp³-hybridized carbons (Fsp3) is 0.500. The van der Waals surface area contributed by atoms with Gasteiger partial charge < -0.3 is 14.2 Å². The van der Waals surface area contributed by atoms with Crippen molar-refractivity contribution in [1.29, 1.82) is 0 Å². The van der Waals surface area contributed by atoms with Crippen LogP contribution in [0.3, 0.4) is 0 Å². The van der Waals surface area contributed by atoms with E-state index in [1.165, 1.54) is 17.0 Å². The molecule has 4 heterocycles. The van der Waals surface area contributed by atoms with Crippen LogP contribution in [-0.4, -0.2) is 69.5 Å². The number of aryl methyl sites for hydroxylation is 1.